The highest BCUT2D eigenvalue weighted by atomic mass is 32.2. The fraction of sp³-hybridized carbons (Fsp3) is 0.333. The van der Waals surface area contributed by atoms with Crippen molar-refractivity contribution in [1.29, 1.82) is 0 Å². The molecule has 178 valence electrons. The normalized spacial score (nSPS) is 12.5. The number of nitro benzene ring substituents is 1. The molecule has 0 fully saturated rings. The number of nitrogens with one attached hydrogen (secondary N) is 2. The minimum absolute atomic E-state index is 0.262. The molecule has 1 amide bonds. The maximum atomic E-state index is 12.8. The molecule has 33 heavy (non-hydrogen) atoms. The molecule has 0 aliphatic heterocycles. The molecule has 0 spiro atoms. The highest BCUT2D eigenvalue weighted by Crippen LogP contribution is 2.23. The van der Waals surface area contributed by atoms with Crippen LogP contribution in [0, 0.1) is 10.1 Å². The number of nitro groups is 1. The van der Waals surface area contributed by atoms with Gasteiger partial charge in [-0.1, -0.05) is 24.3 Å². The monoisotopic (exact) mass is 479 g/mol. The van der Waals surface area contributed by atoms with Gasteiger partial charge in [0.15, 0.2) is 4.90 Å². The van der Waals surface area contributed by atoms with Crippen LogP contribution in [0.4, 0.5) is 10.5 Å². The number of rotatable bonds is 8. The molecule has 11 nitrogen and oxygen atoms in total. The zero-order chi connectivity index (χ0) is 24.8. The Morgan fingerprint density at radius 3 is 2.24 bits per heavy atom. The minimum Gasteiger partial charge on any atom is -0.465 e. The molecule has 2 aromatic rings. The number of hydrogen-bond acceptors (Lipinski definition) is 8. The number of carbonyl (C=O) groups excluding carboxylic acids is 2. The number of esters is 1. The van der Waals surface area contributed by atoms with Crippen molar-refractivity contribution in [2.45, 2.75) is 37.3 Å². The van der Waals surface area contributed by atoms with E-state index in [2.05, 4.69) is 14.8 Å². The average molecular weight is 480 g/mol. The van der Waals surface area contributed by atoms with Gasteiger partial charge in [0.25, 0.3) is 5.69 Å². The van der Waals surface area contributed by atoms with Gasteiger partial charge in [0, 0.05) is 12.6 Å². The number of benzene rings is 2. The maximum Gasteiger partial charge on any atom is 0.408 e. The van der Waals surface area contributed by atoms with Crippen molar-refractivity contribution in [2.75, 3.05) is 13.7 Å². The van der Waals surface area contributed by atoms with Crippen LogP contribution in [0.2, 0.25) is 0 Å². The number of amides is 1. The lowest BCUT2D eigenvalue weighted by molar-refractivity contribution is -0.387. The summed E-state index contributed by atoms with van der Waals surface area (Å²) in [5, 5.41) is 13.8. The minimum atomic E-state index is -4.29. The first-order valence-corrected chi connectivity index (χ1v) is 11.2. The van der Waals surface area contributed by atoms with Gasteiger partial charge in [-0.05, 0) is 44.5 Å². The Balaban J connectivity index is 2.31. The molecule has 1 atom stereocenters. The van der Waals surface area contributed by atoms with Crippen molar-refractivity contribution in [3.63, 3.8) is 0 Å². The largest absolute Gasteiger partial charge is 0.465 e. The summed E-state index contributed by atoms with van der Waals surface area (Å²) in [6, 6.07) is 9.96. The van der Waals surface area contributed by atoms with Gasteiger partial charge in [0.05, 0.1) is 23.6 Å². The summed E-state index contributed by atoms with van der Waals surface area (Å²) in [6.07, 6.45) is -0.797. The summed E-state index contributed by atoms with van der Waals surface area (Å²) < 4.78 is 37.7. The molecule has 0 unspecified atom stereocenters. The smallest absolute Gasteiger partial charge is 0.408 e. The lowest BCUT2D eigenvalue weighted by Gasteiger charge is -2.24. The molecule has 2 N–H and O–H groups in total. The van der Waals surface area contributed by atoms with E-state index >= 15 is 0 Å². The molecule has 0 saturated heterocycles. The lowest BCUT2D eigenvalue weighted by Crippen LogP contribution is -2.40. The number of ether oxygens (including phenoxy) is 2. The third kappa shape index (κ3) is 7.26. The van der Waals surface area contributed by atoms with Gasteiger partial charge in [-0.3, -0.25) is 10.1 Å². The molecule has 0 saturated carbocycles. The van der Waals surface area contributed by atoms with Crippen LogP contribution in [0.3, 0.4) is 0 Å². The van der Waals surface area contributed by atoms with Gasteiger partial charge in [-0.15, -0.1) is 0 Å². The van der Waals surface area contributed by atoms with Crippen molar-refractivity contribution in [1.82, 2.24) is 10.0 Å². The fourth-order valence-corrected chi connectivity index (χ4v) is 3.99. The Hall–Kier alpha value is -3.51. The fourth-order valence-electron chi connectivity index (χ4n) is 2.78. The topological polar surface area (TPSA) is 154 Å². The molecule has 0 aromatic heterocycles. The highest BCUT2D eigenvalue weighted by molar-refractivity contribution is 7.89. The molecule has 12 heteroatoms. The predicted molar refractivity (Wildman–Crippen MR) is 118 cm³/mol. The number of carbonyl (C=O) groups is 2. The number of alkyl carbamates (subject to hydrolysis) is 1. The van der Waals surface area contributed by atoms with Crippen molar-refractivity contribution >= 4 is 27.8 Å². The van der Waals surface area contributed by atoms with Gasteiger partial charge in [-0.25, -0.2) is 22.7 Å². The second kappa shape index (κ2) is 10.4. The van der Waals surface area contributed by atoms with Crippen LogP contribution >= 0.6 is 0 Å². The Morgan fingerprint density at radius 2 is 1.70 bits per heavy atom. The zero-order valence-corrected chi connectivity index (χ0v) is 19.3. The molecule has 2 rings (SSSR count). The first-order chi connectivity index (χ1) is 15.3. The van der Waals surface area contributed by atoms with Gasteiger partial charge < -0.3 is 14.8 Å². The number of nitrogens with zero attached hydrogens (tertiary/aromatic N) is 1. The number of hydrogen-bond donors (Lipinski definition) is 2. The number of methoxy groups -OCH3 is 1. The Morgan fingerprint density at radius 1 is 1.09 bits per heavy atom. The number of sulfonamides is 1. The van der Waals surface area contributed by atoms with Gasteiger partial charge in [0.2, 0.25) is 10.0 Å². The van der Waals surface area contributed by atoms with E-state index in [-0.39, 0.29) is 12.1 Å². The third-order valence-corrected chi connectivity index (χ3v) is 5.73. The second-order valence-electron chi connectivity index (χ2n) is 7.89. The van der Waals surface area contributed by atoms with E-state index in [9.17, 15) is 28.1 Å². The van der Waals surface area contributed by atoms with Crippen LogP contribution < -0.4 is 10.0 Å². The Labute approximate surface area is 191 Å². The molecular weight excluding hydrogens is 454 g/mol. The molecule has 0 radical (unpaired) electrons. The Kier molecular flexibility index (Phi) is 8.12. The molecule has 0 bridgehead atoms. The van der Waals surface area contributed by atoms with E-state index in [1.807, 2.05) is 0 Å². The van der Waals surface area contributed by atoms with E-state index in [1.165, 1.54) is 43.5 Å². The van der Waals surface area contributed by atoms with E-state index in [0.29, 0.717) is 5.56 Å². The van der Waals surface area contributed by atoms with Crippen molar-refractivity contribution in [3.8, 4) is 0 Å². The highest BCUT2D eigenvalue weighted by Gasteiger charge is 2.27. The summed E-state index contributed by atoms with van der Waals surface area (Å²) in [4.78, 5) is 33.9. The standard InChI is InChI=1S/C21H25N3O8S/c1-21(2,3)32-20(26)23-16(14-9-11-15(12-10-14)19(25)31-4)13-22-33(29,30)18-8-6-5-7-17(18)24(27)28/h5-12,16,22H,13H2,1-4H3,(H,23,26)/t16-/m0/s1. The van der Waals surface area contributed by atoms with Crippen molar-refractivity contribution in [2.24, 2.45) is 0 Å². The third-order valence-electron chi connectivity index (χ3n) is 4.25. The molecule has 0 heterocycles. The molecular formula is C21H25N3O8S. The van der Waals surface area contributed by atoms with Gasteiger partial charge >= 0.3 is 12.1 Å². The molecule has 0 aliphatic rings. The first-order valence-electron chi connectivity index (χ1n) is 9.75. The van der Waals surface area contributed by atoms with Crippen LogP contribution in [0.25, 0.3) is 0 Å². The summed E-state index contributed by atoms with van der Waals surface area (Å²) in [6.45, 7) is 4.67. The van der Waals surface area contributed by atoms with Crippen LogP contribution in [-0.4, -0.2) is 44.7 Å². The quantitative estimate of drug-likeness (QED) is 0.333. The van der Waals surface area contributed by atoms with E-state index < -0.39 is 49.2 Å². The summed E-state index contributed by atoms with van der Waals surface area (Å²) in [7, 11) is -3.06. The van der Waals surface area contributed by atoms with Crippen LogP contribution in [0.5, 0.6) is 0 Å². The summed E-state index contributed by atoms with van der Waals surface area (Å²) in [5.74, 6) is -0.560. The first kappa shape index (κ1) is 25.7. The van der Waals surface area contributed by atoms with Crippen LogP contribution in [0.15, 0.2) is 53.4 Å². The van der Waals surface area contributed by atoms with Gasteiger partial charge in [0.1, 0.15) is 5.60 Å². The summed E-state index contributed by atoms with van der Waals surface area (Å²) >= 11 is 0. The van der Waals surface area contributed by atoms with Crippen molar-refractivity contribution < 1.29 is 32.4 Å². The van der Waals surface area contributed by atoms with E-state index in [4.69, 9.17) is 4.74 Å². The molecule has 0 aliphatic carbocycles. The maximum absolute atomic E-state index is 12.8. The number of para-hydroxylation sites is 1. The Bertz CT molecular complexity index is 1120. The lowest BCUT2D eigenvalue weighted by atomic mass is 10.0. The van der Waals surface area contributed by atoms with E-state index in [0.717, 1.165) is 12.1 Å². The SMILES string of the molecule is COC(=O)c1ccc([C@H](CNS(=O)(=O)c2ccccc2[N+](=O)[O-])NC(=O)OC(C)(C)C)cc1. The molecule has 2 aromatic carbocycles. The second-order valence-corrected chi connectivity index (χ2v) is 9.62. The predicted octanol–water partition coefficient (Wildman–Crippen LogP) is 2.93. The van der Waals surface area contributed by atoms with E-state index in [1.54, 1.807) is 20.8 Å². The zero-order valence-electron chi connectivity index (χ0n) is 18.5. The average Bonchev–Trinajstić information content (AvgIpc) is 2.75. The van der Waals surface area contributed by atoms with Gasteiger partial charge in [-0.2, -0.15) is 0 Å². The van der Waals surface area contributed by atoms with Crippen LogP contribution in [0.1, 0.15) is 42.7 Å². The van der Waals surface area contributed by atoms with Crippen LogP contribution in [-0.2, 0) is 19.5 Å². The summed E-state index contributed by atoms with van der Waals surface area (Å²) in [5.41, 5.74) is -0.659. The van der Waals surface area contributed by atoms with Crippen molar-refractivity contribution in [3.05, 3.63) is 69.8 Å².